The van der Waals surface area contributed by atoms with Crippen molar-refractivity contribution in [2.45, 2.75) is 87.9 Å². The summed E-state index contributed by atoms with van der Waals surface area (Å²) in [6.07, 6.45) is 11.8. The Morgan fingerprint density at radius 3 is 2.33 bits per heavy atom. The van der Waals surface area contributed by atoms with Crippen molar-refractivity contribution in [2.75, 3.05) is 20.6 Å². The molecule has 2 unspecified atom stereocenters. The molecule has 3 fully saturated rings. The molecule has 2 atom stereocenters. The van der Waals surface area contributed by atoms with E-state index in [-0.39, 0.29) is 24.0 Å². The zero-order chi connectivity index (χ0) is 16.3. The minimum absolute atomic E-state index is 0. The van der Waals surface area contributed by atoms with Crippen LogP contribution < -0.4 is 10.6 Å². The lowest BCUT2D eigenvalue weighted by Gasteiger charge is -2.47. The van der Waals surface area contributed by atoms with Gasteiger partial charge in [0.05, 0.1) is 5.60 Å². The summed E-state index contributed by atoms with van der Waals surface area (Å²) in [7, 11) is 4.12. The molecule has 2 bridgehead atoms. The maximum atomic E-state index is 10.6. The number of piperidine rings is 2. The van der Waals surface area contributed by atoms with E-state index < -0.39 is 5.60 Å². The van der Waals surface area contributed by atoms with Crippen molar-refractivity contribution in [1.82, 2.24) is 15.5 Å². The normalized spacial score (nSPS) is 33.5. The summed E-state index contributed by atoms with van der Waals surface area (Å²) in [4.78, 5) is 6.97. The Kier molecular flexibility index (Phi) is 7.61. The lowest BCUT2D eigenvalue weighted by Crippen LogP contribution is -2.57. The lowest BCUT2D eigenvalue weighted by molar-refractivity contribution is 0.00835. The molecule has 3 rings (SSSR count). The molecule has 0 aromatic carbocycles. The second-order valence-corrected chi connectivity index (χ2v) is 7.93. The molecule has 0 aromatic heterocycles. The van der Waals surface area contributed by atoms with Crippen LogP contribution in [-0.2, 0) is 0 Å². The zero-order valence-electron chi connectivity index (χ0n) is 15.3. The third kappa shape index (κ3) is 4.97. The molecule has 0 amide bonds. The van der Waals surface area contributed by atoms with Gasteiger partial charge in [0.1, 0.15) is 0 Å². The number of aliphatic imine (C=N–C) groups is 1. The Balaban J connectivity index is 0.00000208. The summed E-state index contributed by atoms with van der Waals surface area (Å²) < 4.78 is 0. The second kappa shape index (κ2) is 9.03. The van der Waals surface area contributed by atoms with Crippen molar-refractivity contribution < 1.29 is 5.11 Å². The molecule has 2 aliphatic heterocycles. The Labute approximate surface area is 164 Å². The first-order valence-corrected chi connectivity index (χ1v) is 9.51. The van der Waals surface area contributed by atoms with Crippen LogP contribution in [0, 0.1) is 0 Å². The van der Waals surface area contributed by atoms with Crippen LogP contribution in [0.2, 0.25) is 0 Å². The van der Waals surface area contributed by atoms with Crippen molar-refractivity contribution in [1.29, 1.82) is 0 Å². The summed E-state index contributed by atoms with van der Waals surface area (Å²) in [6, 6.07) is 1.95. The highest BCUT2D eigenvalue weighted by molar-refractivity contribution is 14.0. The first-order valence-electron chi connectivity index (χ1n) is 9.51. The van der Waals surface area contributed by atoms with Crippen molar-refractivity contribution in [2.24, 2.45) is 4.99 Å². The lowest BCUT2D eigenvalue weighted by atomic mass is 9.82. The highest BCUT2D eigenvalue weighted by Gasteiger charge is 2.36. The Morgan fingerprint density at radius 1 is 1.12 bits per heavy atom. The topological polar surface area (TPSA) is 59.9 Å². The van der Waals surface area contributed by atoms with Crippen LogP contribution in [0.5, 0.6) is 0 Å². The average Bonchev–Trinajstić information content (AvgIpc) is 2.53. The molecule has 1 aliphatic carbocycles. The highest BCUT2D eigenvalue weighted by atomic mass is 127. The Bertz CT molecular complexity index is 411. The second-order valence-electron chi connectivity index (χ2n) is 7.93. The number of nitrogens with one attached hydrogen (secondary N) is 2. The van der Waals surface area contributed by atoms with E-state index in [1.807, 2.05) is 7.05 Å². The summed E-state index contributed by atoms with van der Waals surface area (Å²) in [5, 5.41) is 17.6. The molecule has 6 heteroatoms. The van der Waals surface area contributed by atoms with Gasteiger partial charge in [-0.1, -0.05) is 25.7 Å². The van der Waals surface area contributed by atoms with Gasteiger partial charge in [-0.05, 0) is 45.6 Å². The van der Waals surface area contributed by atoms with E-state index in [2.05, 4.69) is 27.6 Å². The first-order chi connectivity index (χ1) is 11.1. The fourth-order valence-corrected chi connectivity index (χ4v) is 4.76. The van der Waals surface area contributed by atoms with E-state index in [1.165, 1.54) is 38.5 Å². The van der Waals surface area contributed by atoms with Crippen LogP contribution in [-0.4, -0.2) is 60.3 Å². The number of halogens is 1. The Hall–Kier alpha value is -0.0800. The van der Waals surface area contributed by atoms with Gasteiger partial charge in [0.15, 0.2) is 5.96 Å². The van der Waals surface area contributed by atoms with Crippen molar-refractivity contribution >= 4 is 29.9 Å². The predicted octanol–water partition coefficient (Wildman–Crippen LogP) is 2.48. The standard InChI is InChI=1S/C18H34N4O.HI/c1-19-17(20-13-18(23)9-4-3-5-10-18)21-14-11-15-7-6-8-16(12-14)22(15)2;/h14-16,23H,3-13H2,1-2H3,(H2,19,20,21);1H. The molecule has 3 N–H and O–H groups in total. The molecule has 0 spiro atoms. The minimum atomic E-state index is -0.542. The van der Waals surface area contributed by atoms with Gasteiger partial charge >= 0.3 is 0 Å². The van der Waals surface area contributed by atoms with E-state index in [9.17, 15) is 5.11 Å². The number of fused-ring (bicyclic) bond motifs is 2. The van der Waals surface area contributed by atoms with Gasteiger partial charge < -0.3 is 20.6 Å². The quantitative estimate of drug-likeness (QED) is 0.351. The van der Waals surface area contributed by atoms with Gasteiger partial charge in [-0.3, -0.25) is 4.99 Å². The Morgan fingerprint density at radius 2 is 1.75 bits per heavy atom. The number of hydrogen-bond acceptors (Lipinski definition) is 3. The van der Waals surface area contributed by atoms with Gasteiger partial charge in [-0.2, -0.15) is 0 Å². The first kappa shape index (κ1) is 20.2. The molecule has 24 heavy (non-hydrogen) atoms. The SMILES string of the molecule is CN=C(NCC1(O)CCCCC1)NC1CC2CCCC(C1)N2C.I. The smallest absolute Gasteiger partial charge is 0.191 e. The molecule has 5 nitrogen and oxygen atoms in total. The molecule has 140 valence electrons. The van der Waals surface area contributed by atoms with Crippen LogP contribution >= 0.6 is 24.0 Å². The van der Waals surface area contributed by atoms with Crippen molar-refractivity contribution in [3.05, 3.63) is 0 Å². The van der Waals surface area contributed by atoms with Crippen molar-refractivity contribution in [3.63, 3.8) is 0 Å². The fourth-order valence-electron chi connectivity index (χ4n) is 4.76. The van der Waals surface area contributed by atoms with Crippen LogP contribution in [0.4, 0.5) is 0 Å². The molecule has 0 aromatic rings. The molecule has 0 radical (unpaired) electrons. The summed E-state index contributed by atoms with van der Waals surface area (Å²) in [6.45, 7) is 0.617. The van der Waals surface area contributed by atoms with Crippen LogP contribution in [0.3, 0.4) is 0 Å². The van der Waals surface area contributed by atoms with Crippen LogP contribution in [0.25, 0.3) is 0 Å². The molecular formula is C18H35IN4O. The number of hydrogen-bond donors (Lipinski definition) is 3. The molecule has 2 heterocycles. The van der Waals surface area contributed by atoms with Crippen LogP contribution in [0.1, 0.15) is 64.2 Å². The summed E-state index contributed by atoms with van der Waals surface area (Å²) in [5.41, 5.74) is -0.542. The number of aliphatic hydroxyl groups is 1. The maximum absolute atomic E-state index is 10.6. The third-order valence-corrected chi connectivity index (χ3v) is 6.27. The summed E-state index contributed by atoms with van der Waals surface area (Å²) in [5.74, 6) is 0.858. The predicted molar refractivity (Wildman–Crippen MR) is 110 cm³/mol. The molecular weight excluding hydrogens is 415 g/mol. The van der Waals surface area contributed by atoms with Crippen molar-refractivity contribution in [3.8, 4) is 0 Å². The van der Waals surface area contributed by atoms with Gasteiger partial charge in [0, 0.05) is 31.7 Å². The van der Waals surface area contributed by atoms with Crippen LogP contribution in [0.15, 0.2) is 4.99 Å². The van der Waals surface area contributed by atoms with E-state index >= 15 is 0 Å². The number of rotatable bonds is 3. The summed E-state index contributed by atoms with van der Waals surface area (Å²) >= 11 is 0. The zero-order valence-corrected chi connectivity index (χ0v) is 17.6. The monoisotopic (exact) mass is 450 g/mol. The third-order valence-electron chi connectivity index (χ3n) is 6.27. The minimum Gasteiger partial charge on any atom is -0.388 e. The molecule has 1 saturated carbocycles. The fraction of sp³-hybridized carbons (Fsp3) is 0.944. The number of nitrogens with zero attached hydrogens (tertiary/aromatic N) is 2. The van der Waals surface area contributed by atoms with E-state index in [1.54, 1.807) is 0 Å². The van der Waals surface area contributed by atoms with Gasteiger partial charge in [-0.15, -0.1) is 24.0 Å². The largest absolute Gasteiger partial charge is 0.388 e. The maximum Gasteiger partial charge on any atom is 0.191 e. The van der Waals surface area contributed by atoms with Gasteiger partial charge in [0.25, 0.3) is 0 Å². The molecule has 2 saturated heterocycles. The van der Waals surface area contributed by atoms with E-state index in [0.29, 0.717) is 12.6 Å². The average molecular weight is 450 g/mol. The van der Waals surface area contributed by atoms with E-state index in [4.69, 9.17) is 0 Å². The number of guanidine groups is 1. The molecule has 3 aliphatic rings. The highest BCUT2D eigenvalue weighted by Crippen LogP contribution is 2.32. The van der Waals surface area contributed by atoms with E-state index in [0.717, 1.165) is 43.7 Å². The van der Waals surface area contributed by atoms with Gasteiger partial charge in [0.2, 0.25) is 0 Å². The van der Waals surface area contributed by atoms with Gasteiger partial charge in [-0.25, -0.2) is 0 Å².